The van der Waals surface area contributed by atoms with Crippen molar-refractivity contribution < 1.29 is 9.90 Å². The monoisotopic (exact) mass is 438 g/mol. The van der Waals surface area contributed by atoms with Crippen LogP contribution in [0.1, 0.15) is 35.3 Å². The number of hydrogen-bond acceptors (Lipinski definition) is 7. The number of phenolic OH excluding ortho intramolecular Hbond substituents is 1. The fourth-order valence-corrected chi connectivity index (χ4v) is 3.28. The number of aromatic nitrogens is 2. The molecule has 0 aliphatic heterocycles. The van der Waals surface area contributed by atoms with Crippen LogP contribution in [0.2, 0.25) is 0 Å². The smallest absolute Gasteiger partial charge is 0.309 e. The Labute approximate surface area is 184 Å². The number of hydrogen-bond donors (Lipinski definition) is 5. The van der Waals surface area contributed by atoms with Gasteiger partial charge < -0.3 is 26.5 Å². The van der Waals surface area contributed by atoms with Crippen LogP contribution in [0.25, 0.3) is 0 Å². The van der Waals surface area contributed by atoms with Gasteiger partial charge in [0.15, 0.2) is 5.75 Å². The summed E-state index contributed by atoms with van der Waals surface area (Å²) in [5.41, 5.74) is -0.470. The highest BCUT2D eigenvalue weighted by Gasteiger charge is 2.21. The normalized spacial score (nSPS) is 11.6. The van der Waals surface area contributed by atoms with E-state index < -0.39 is 17.0 Å². The molecule has 3 rings (SSSR count). The average Bonchev–Trinajstić information content (AvgIpc) is 2.78. The van der Waals surface area contributed by atoms with Crippen LogP contribution >= 0.6 is 0 Å². The summed E-state index contributed by atoms with van der Waals surface area (Å²) < 4.78 is 0. The molecule has 10 heteroatoms. The Hall–Kier alpha value is -4.21. The van der Waals surface area contributed by atoms with Crippen LogP contribution < -0.4 is 27.6 Å². The predicted octanol–water partition coefficient (Wildman–Crippen LogP) is 1.96. The minimum absolute atomic E-state index is 0.0498. The van der Waals surface area contributed by atoms with Crippen molar-refractivity contribution >= 4 is 23.0 Å². The number of carbonyl (C=O) groups is 1. The fraction of sp³-hybridized carbons (Fsp3) is 0.227. The average molecular weight is 438 g/mol. The molecule has 0 radical (unpaired) electrons. The molecular formula is C22H26N6O4. The lowest BCUT2D eigenvalue weighted by atomic mass is 10.0. The van der Waals surface area contributed by atoms with Gasteiger partial charge in [-0.15, -0.1) is 0 Å². The summed E-state index contributed by atoms with van der Waals surface area (Å²) >= 11 is 0. The molecule has 6 N–H and O–H groups in total. The first-order valence-corrected chi connectivity index (χ1v) is 10.0. The summed E-state index contributed by atoms with van der Waals surface area (Å²) in [5, 5.41) is 18.8. The zero-order valence-corrected chi connectivity index (χ0v) is 18.0. The molecule has 0 aliphatic carbocycles. The lowest BCUT2D eigenvalue weighted by Gasteiger charge is -2.21. The van der Waals surface area contributed by atoms with E-state index in [2.05, 4.69) is 15.7 Å². The lowest BCUT2D eigenvalue weighted by Crippen LogP contribution is -2.38. The minimum atomic E-state index is -0.679. The van der Waals surface area contributed by atoms with Crippen LogP contribution in [0.3, 0.4) is 0 Å². The van der Waals surface area contributed by atoms with Gasteiger partial charge in [-0.1, -0.05) is 43.3 Å². The molecule has 32 heavy (non-hydrogen) atoms. The molecule has 1 heterocycles. The number of nitrogens with two attached hydrogens (primary N) is 1. The summed E-state index contributed by atoms with van der Waals surface area (Å²) in [7, 11) is 3.12. The Morgan fingerprint density at radius 2 is 1.81 bits per heavy atom. The van der Waals surface area contributed by atoms with Crippen LogP contribution in [-0.4, -0.2) is 39.9 Å². The van der Waals surface area contributed by atoms with E-state index in [4.69, 9.17) is 5.84 Å². The molecule has 1 amide bonds. The second-order valence-electron chi connectivity index (χ2n) is 7.41. The number of benzene rings is 2. The SMILES string of the molecule is CC[C@@H](Nc1c(Nc2cccc(C(=O)N(C)C)c2O)c(=O)[nH]n(N)c1=O)c1ccccc1. The van der Waals surface area contributed by atoms with E-state index in [-0.39, 0.29) is 34.4 Å². The quantitative estimate of drug-likeness (QED) is 0.280. The fourth-order valence-electron chi connectivity index (χ4n) is 3.28. The first kappa shape index (κ1) is 22.5. The van der Waals surface area contributed by atoms with E-state index in [0.29, 0.717) is 11.2 Å². The molecular weight excluding hydrogens is 412 g/mol. The van der Waals surface area contributed by atoms with E-state index >= 15 is 0 Å². The Balaban J connectivity index is 2.08. The van der Waals surface area contributed by atoms with Gasteiger partial charge in [0.1, 0.15) is 11.4 Å². The maximum Gasteiger partial charge on any atom is 0.309 e. The van der Waals surface area contributed by atoms with Crippen LogP contribution in [0.4, 0.5) is 17.1 Å². The number of rotatable bonds is 7. The maximum atomic E-state index is 12.8. The Bertz CT molecular complexity index is 1230. The molecule has 0 aliphatic rings. The number of nitrogens with one attached hydrogen (secondary N) is 3. The van der Waals surface area contributed by atoms with Crippen molar-refractivity contribution in [2.45, 2.75) is 19.4 Å². The zero-order chi connectivity index (χ0) is 23.4. The minimum Gasteiger partial charge on any atom is -0.505 e. The van der Waals surface area contributed by atoms with Crippen molar-refractivity contribution in [1.29, 1.82) is 0 Å². The highest BCUT2D eigenvalue weighted by atomic mass is 16.3. The van der Waals surface area contributed by atoms with Gasteiger partial charge in [0, 0.05) is 14.1 Å². The highest BCUT2D eigenvalue weighted by Crippen LogP contribution is 2.32. The molecule has 3 aromatic rings. The Morgan fingerprint density at radius 1 is 1.12 bits per heavy atom. The predicted molar refractivity (Wildman–Crippen MR) is 124 cm³/mol. The van der Waals surface area contributed by atoms with Gasteiger partial charge in [-0.2, -0.15) is 4.79 Å². The number of aromatic hydroxyl groups is 1. The van der Waals surface area contributed by atoms with Crippen molar-refractivity contribution in [2.75, 3.05) is 30.6 Å². The zero-order valence-electron chi connectivity index (χ0n) is 18.0. The van der Waals surface area contributed by atoms with Gasteiger partial charge >= 0.3 is 5.56 Å². The number of carbonyl (C=O) groups excluding carboxylic acids is 1. The number of amides is 1. The number of phenols is 1. The van der Waals surface area contributed by atoms with Gasteiger partial charge in [-0.25, -0.2) is 5.10 Å². The third-order valence-corrected chi connectivity index (χ3v) is 4.99. The molecule has 0 spiro atoms. The highest BCUT2D eigenvalue weighted by molar-refractivity contribution is 5.98. The molecule has 0 saturated heterocycles. The van der Waals surface area contributed by atoms with Crippen LogP contribution in [0.15, 0.2) is 58.1 Å². The Kier molecular flexibility index (Phi) is 6.53. The largest absolute Gasteiger partial charge is 0.505 e. The lowest BCUT2D eigenvalue weighted by molar-refractivity contribution is 0.0824. The van der Waals surface area contributed by atoms with Gasteiger partial charge in [0.05, 0.1) is 17.3 Å². The standard InChI is InChI=1S/C22H26N6O4/c1-4-15(13-9-6-5-7-10-13)24-18-17(20(30)26-28(23)22(18)32)25-16-12-8-11-14(19(16)29)21(31)27(2)3/h5-12,15,24-25,29H,4,23H2,1-3H3,(H,26,30)/t15-/m1/s1. The molecule has 10 nitrogen and oxygen atoms in total. The molecule has 1 atom stereocenters. The van der Waals surface area contributed by atoms with Crippen molar-refractivity contribution in [3.63, 3.8) is 0 Å². The summed E-state index contributed by atoms with van der Waals surface area (Å²) in [5.74, 6) is 4.89. The molecule has 0 saturated carbocycles. The summed E-state index contributed by atoms with van der Waals surface area (Å²) in [6, 6.07) is 13.7. The van der Waals surface area contributed by atoms with E-state index in [1.807, 2.05) is 37.3 Å². The van der Waals surface area contributed by atoms with E-state index in [0.717, 1.165) is 5.56 Å². The van der Waals surface area contributed by atoms with Crippen molar-refractivity contribution in [2.24, 2.45) is 0 Å². The third kappa shape index (κ3) is 4.43. The molecule has 2 aromatic carbocycles. The van der Waals surface area contributed by atoms with Crippen molar-refractivity contribution in [3.8, 4) is 5.75 Å². The molecule has 1 aromatic heterocycles. The van der Waals surface area contributed by atoms with Crippen LogP contribution in [-0.2, 0) is 0 Å². The maximum absolute atomic E-state index is 12.8. The van der Waals surface area contributed by atoms with E-state index in [1.54, 1.807) is 20.2 Å². The van der Waals surface area contributed by atoms with Crippen molar-refractivity contribution in [3.05, 3.63) is 80.4 Å². The van der Waals surface area contributed by atoms with Crippen LogP contribution in [0, 0.1) is 0 Å². The first-order chi connectivity index (χ1) is 15.2. The number of nitrogens with zero attached hydrogens (tertiary/aromatic N) is 2. The third-order valence-electron chi connectivity index (χ3n) is 4.99. The van der Waals surface area contributed by atoms with Gasteiger partial charge in [0.25, 0.3) is 11.5 Å². The number of anilines is 3. The molecule has 0 bridgehead atoms. The van der Waals surface area contributed by atoms with Crippen LogP contribution in [0.5, 0.6) is 5.75 Å². The number of aromatic amines is 1. The molecule has 0 fully saturated rings. The van der Waals surface area contributed by atoms with Gasteiger partial charge in [-0.3, -0.25) is 14.4 Å². The van der Waals surface area contributed by atoms with Gasteiger partial charge in [-0.05, 0) is 24.1 Å². The van der Waals surface area contributed by atoms with E-state index in [1.165, 1.54) is 17.0 Å². The Morgan fingerprint density at radius 3 is 2.44 bits per heavy atom. The van der Waals surface area contributed by atoms with Gasteiger partial charge in [0.2, 0.25) is 0 Å². The number of nitrogen functional groups attached to an aromatic ring is 1. The van der Waals surface area contributed by atoms with E-state index in [9.17, 15) is 19.5 Å². The topological polar surface area (TPSA) is 145 Å². The second kappa shape index (κ2) is 9.29. The number of H-pyrrole nitrogens is 1. The van der Waals surface area contributed by atoms with Crippen molar-refractivity contribution in [1.82, 2.24) is 14.8 Å². The summed E-state index contributed by atoms with van der Waals surface area (Å²) in [6.07, 6.45) is 0.623. The summed E-state index contributed by atoms with van der Waals surface area (Å²) in [4.78, 5) is 39.8. The number of para-hydroxylation sites is 1. The molecule has 0 unspecified atom stereocenters. The molecule has 168 valence electrons. The summed E-state index contributed by atoms with van der Waals surface area (Å²) in [6.45, 7) is 1.94. The first-order valence-electron chi connectivity index (χ1n) is 10.0. The second-order valence-corrected chi connectivity index (χ2v) is 7.41.